The Bertz CT molecular complexity index is 1800. The van der Waals surface area contributed by atoms with E-state index < -0.39 is 44.1 Å². The first kappa shape index (κ1) is 27.1. The predicted molar refractivity (Wildman–Crippen MR) is 143 cm³/mol. The number of rotatable bonds is 6. The van der Waals surface area contributed by atoms with E-state index >= 15 is 0 Å². The number of ketones is 1. The van der Waals surface area contributed by atoms with Crippen LogP contribution in [-0.4, -0.2) is 35.1 Å². The normalized spacial score (nSPS) is 16.9. The molecule has 1 aliphatic heterocycles. The van der Waals surface area contributed by atoms with Crippen LogP contribution in [0.2, 0.25) is 5.02 Å². The molecule has 3 aromatic carbocycles. The molecule has 0 unspecified atom stereocenters. The Morgan fingerprint density at radius 1 is 1.02 bits per heavy atom. The van der Waals surface area contributed by atoms with Gasteiger partial charge in [-0.05, 0) is 54.1 Å². The van der Waals surface area contributed by atoms with Crippen LogP contribution in [0.3, 0.4) is 0 Å². The molecule has 2 heterocycles. The summed E-state index contributed by atoms with van der Waals surface area (Å²) in [5, 5.41) is 22.2. The van der Waals surface area contributed by atoms with Crippen molar-refractivity contribution in [2.45, 2.75) is 15.1 Å². The first-order chi connectivity index (χ1) is 19.0. The van der Waals surface area contributed by atoms with Crippen molar-refractivity contribution >= 4 is 61.0 Å². The van der Waals surface area contributed by atoms with Gasteiger partial charge in [-0.3, -0.25) is 24.6 Å². The van der Waals surface area contributed by atoms with Gasteiger partial charge in [-0.1, -0.05) is 35.1 Å². The van der Waals surface area contributed by atoms with Gasteiger partial charge in [-0.25, -0.2) is 17.8 Å². The van der Waals surface area contributed by atoms with Crippen LogP contribution in [0.25, 0.3) is 5.76 Å². The van der Waals surface area contributed by atoms with Crippen molar-refractivity contribution in [3.63, 3.8) is 0 Å². The number of sulfone groups is 1. The average Bonchev–Trinajstić information content (AvgIpc) is 3.53. The van der Waals surface area contributed by atoms with Gasteiger partial charge in [0.1, 0.15) is 15.8 Å². The van der Waals surface area contributed by atoms with Crippen LogP contribution < -0.4 is 4.90 Å². The first-order valence-corrected chi connectivity index (χ1v) is 13.9. The van der Waals surface area contributed by atoms with Crippen LogP contribution in [-0.2, 0) is 19.4 Å². The minimum atomic E-state index is -4.20. The first-order valence-electron chi connectivity index (χ1n) is 11.3. The standard InChI is InChI=1S/C26H15ClFN3O7S2/c27-16-5-1-15(2-6-16)23(32)21-22(14-3-7-17(28)8-4-14)30(25(34)24(21)33)26-29-13-20(39-26)40(37,38)19-11-9-18(10-12-19)31(35)36/h1-13,22,32H/t22-/m1/s1. The van der Waals surface area contributed by atoms with Gasteiger partial charge in [0.05, 0.1) is 27.6 Å². The zero-order chi connectivity index (χ0) is 28.8. The van der Waals surface area contributed by atoms with Crippen LogP contribution in [0.5, 0.6) is 0 Å². The number of carbonyl (C=O) groups excluding carboxylic acids is 2. The number of nitrogens with zero attached hydrogens (tertiary/aromatic N) is 3. The van der Waals surface area contributed by atoms with E-state index in [-0.39, 0.29) is 36.6 Å². The van der Waals surface area contributed by atoms with Crippen molar-refractivity contribution in [1.29, 1.82) is 0 Å². The van der Waals surface area contributed by atoms with E-state index in [1.165, 1.54) is 36.4 Å². The van der Waals surface area contributed by atoms with Crippen molar-refractivity contribution in [3.05, 3.63) is 117 Å². The molecule has 14 heteroatoms. The number of anilines is 1. The van der Waals surface area contributed by atoms with E-state index in [1.807, 2.05) is 0 Å². The molecule has 0 spiro atoms. The third-order valence-electron chi connectivity index (χ3n) is 6.05. The maximum Gasteiger partial charge on any atom is 0.301 e. The summed E-state index contributed by atoms with van der Waals surface area (Å²) in [5.41, 5.74) is -0.165. The molecule has 10 nitrogen and oxygen atoms in total. The van der Waals surface area contributed by atoms with Crippen molar-refractivity contribution < 1.29 is 32.4 Å². The van der Waals surface area contributed by atoms with Gasteiger partial charge in [-0.2, -0.15) is 0 Å². The van der Waals surface area contributed by atoms with Gasteiger partial charge in [0, 0.05) is 22.7 Å². The fraction of sp³-hybridized carbons (Fsp3) is 0.0385. The molecular weight excluding hydrogens is 585 g/mol. The van der Waals surface area contributed by atoms with Crippen molar-refractivity contribution in [2.75, 3.05) is 4.90 Å². The Labute approximate surface area is 234 Å². The maximum atomic E-state index is 13.7. The summed E-state index contributed by atoms with van der Waals surface area (Å²) in [5.74, 6) is -3.23. The molecule has 1 aliphatic rings. The number of nitro benzene ring substituents is 1. The number of aliphatic hydroxyl groups is 1. The predicted octanol–water partition coefficient (Wildman–Crippen LogP) is 5.30. The van der Waals surface area contributed by atoms with E-state index in [1.54, 1.807) is 0 Å². The summed E-state index contributed by atoms with van der Waals surface area (Å²) in [6.07, 6.45) is 0.997. The van der Waals surface area contributed by atoms with Crippen LogP contribution in [0, 0.1) is 15.9 Å². The van der Waals surface area contributed by atoms with Gasteiger partial charge in [0.2, 0.25) is 9.84 Å². The van der Waals surface area contributed by atoms with Crippen molar-refractivity contribution in [3.8, 4) is 0 Å². The zero-order valence-corrected chi connectivity index (χ0v) is 22.3. The Morgan fingerprint density at radius 2 is 1.65 bits per heavy atom. The summed E-state index contributed by atoms with van der Waals surface area (Å²) in [6, 6.07) is 13.7. The highest BCUT2D eigenvalue weighted by Crippen LogP contribution is 2.44. The molecular formula is C26H15ClFN3O7S2. The number of thiazole rings is 1. The molecule has 1 N–H and O–H groups in total. The molecule has 4 aromatic rings. The van der Waals surface area contributed by atoms with Gasteiger partial charge < -0.3 is 5.11 Å². The highest BCUT2D eigenvalue weighted by Gasteiger charge is 2.48. The Kier molecular flexibility index (Phi) is 6.96. The number of amides is 1. The van der Waals surface area contributed by atoms with E-state index in [0.29, 0.717) is 16.4 Å². The largest absolute Gasteiger partial charge is 0.507 e. The molecule has 5 rings (SSSR count). The molecule has 40 heavy (non-hydrogen) atoms. The van der Waals surface area contributed by atoms with Crippen LogP contribution >= 0.6 is 22.9 Å². The average molecular weight is 600 g/mol. The molecule has 0 aliphatic carbocycles. The number of hydrogen-bond donors (Lipinski definition) is 1. The summed E-state index contributed by atoms with van der Waals surface area (Å²) < 4.78 is 39.8. The second kappa shape index (κ2) is 10.3. The number of aromatic nitrogens is 1. The third kappa shape index (κ3) is 4.74. The van der Waals surface area contributed by atoms with Crippen molar-refractivity contribution in [2.24, 2.45) is 0 Å². The minimum absolute atomic E-state index is 0.174. The van der Waals surface area contributed by atoms with E-state index in [0.717, 1.165) is 47.5 Å². The van der Waals surface area contributed by atoms with E-state index in [2.05, 4.69) is 4.98 Å². The number of Topliss-reactive ketones (excluding diaryl/α,β-unsaturated/α-hetero) is 1. The quantitative estimate of drug-likeness (QED) is 0.103. The van der Waals surface area contributed by atoms with Crippen LogP contribution in [0.15, 0.2) is 93.7 Å². The van der Waals surface area contributed by atoms with Gasteiger partial charge in [-0.15, -0.1) is 0 Å². The molecule has 1 fully saturated rings. The lowest BCUT2D eigenvalue weighted by Crippen LogP contribution is -2.29. The van der Waals surface area contributed by atoms with Gasteiger partial charge in [0.25, 0.3) is 11.5 Å². The zero-order valence-electron chi connectivity index (χ0n) is 19.9. The number of aliphatic hydroxyl groups excluding tert-OH is 1. The Morgan fingerprint density at radius 3 is 2.25 bits per heavy atom. The Hall–Kier alpha value is -4.46. The molecule has 1 aromatic heterocycles. The van der Waals surface area contributed by atoms with Crippen LogP contribution in [0.4, 0.5) is 15.2 Å². The SMILES string of the molecule is O=C1C(=O)N(c2ncc(S(=O)(=O)c3ccc([N+](=O)[O-])cc3)s2)[C@H](c2ccc(F)cc2)C1=C(O)c1ccc(Cl)cc1. The lowest BCUT2D eigenvalue weighted by Gasteiger charge is -2.23. The smallest absolute Gasteiger partial charge is 0.301 e. The van der Waals surface area contributed by atoms with E-state index in [4.69, 9.17) is 11.6 Å². The van der Waals surface area contributed by atoms with Crippen LogP contribution in [0.1, 0.15) is 17.2 Å². The Balaban J connectivity index is 1.62. The monoisotopic (exact) mass is 599 g/mol. The number of halogens is 2. The van der Waals surface area contributed by atoms with Crippen molar-refractivity contribution in [1.82, 2.24) is 4.98 Å². The highest BCUT2D eigenvalue weighted by molar-refractivity contribution is 7.93. The second-order valence-electron chi connectivity index (χ2n) is 8.44. The molecule has 1 saturated heterocycles. The fourth-order valence-electron chi connectivity index (χ4n) is 4.10. The third-order valence-corrected chi connectivity index (χ3v) is 9.53. The summed E-state index contributed by atoms with van der Waals surface area (Å²) in [7, 11) is -4.20. The number of hydrogen-bond acceptors (Lipinski definition) is 9. The van der Waals surface area contributed by atoms with Gasteiger partial charge in [0.15, 0.2) is 5.13 Å². The highest BCUT2D eigenvalue weighted by atomic mass is 35.5. The van der Waals surface area contributed by atoms with E-state index in [9.17, 15) is 37.6 Å². The topological polar surface area (TPSA) is 148 Å². The number of nitro groups is 1. The molecule has 1 atom stereocenters. The lowest BCUT2D eigenvalue weighted by atomic mass is 9.95. The fourth-order valence-corrected chi connectivity index (χ4v) is 6.78. The maximum absolute atomic E-state index is 13.7. The lowest BCUT2D eigenvalue weighted by molar-refractivity contribution is -0.384. The minimum Gasteiger partial charge on any atom is -0.507 e. The molecule has 202 valence electrons. The molecule has 0 bridgehead atoms. The summed E-state index contributed by atoms with van der Waals surface area (Å²) in [4.78, 5) is 41.5. The molecule has 1 amide bonds. The second-order valence-corrected chi connectivity index (χ2v) is 12.1. The number of carbonyl (C=O) groups is 2. The van der Waals surface area contributed by atoms with Gasteiger partial charge >= 0.3 is 5.91 Å². The summed E-state index contributed by atoms with van der Waals surface area (Å²) in [6.45, 7) is 0. The molecule has 0 radical (unpaired) electrons. The molecule has 0 saturated carbocycles. The number of benzene rings is 3. The number of non-ortho nitro benzene ring substituents is 1. The summed E-state index contributed by atoms with van der Waals surface area (Å²) >= 11 is 6.51.